The zero-order valence-electron chi connectivity index (χ0n) is 14.2. The Morgan fingerprint density at radius 2 is 1.78 bits per heavy atom. The fourth-order valence-electron chi connectivity index (χ4n) is 2.62. The summed E-state index contributed by atoms with van der Waals surface area (Å²) < 4.78 is 5.73. The van der Waals surface area contributed by atoms with Crippen LogP contribution >= 0.6 is 23.2 Å². The van der Waals surface area contributed by atoms with Crippen molar-refractivity contribution >= 4 is 35.1 Å². The first-order chi connectivity index (χ1) is 12.9. The molecule has 6 nitrogen and oxygen atoms in total. The SMILES string of the molecule is O=C(N[C@@H](Cc1ccc(OC2CNC2)cc1)C(=O)O)c1c(Cl)cccc1Cl. The Hall–Kier alpha value is -2.28. The van der Waals surface area contributed by atoms with Gasteiger partial charge in [0.15, 0.2) is 0 Å². The van der Waals surface area contributed by atoms with Gasteiger partial charge in [0.2, 0.25) is 0 Å². The molecular formula is C19H18Cl2N2O4. The molecule has 1 atom stereocenters. The highest BCUT2D eigenvalue weighted by Gasteiger charge is 2.24. The highest BCUT2D eigenvalue weighted by molar-refractivity contribution is 6.39. The summed E-state index contributed by atoms with van der Waals surface area (Å²) in [6, 6.07) is 10.7. The quantitative estimate of drug-likeness (QED) is 0.655. The molecule has 0 saturated carbocycles. The number of ether oxygens (including phenoxy) is 1. The van der Waals surface area contributed by atoms with Gasteiger partial charge in [-0.25, -0.2) is 4.79 Å². The smallest absolute Gasteiger partial charge is 0.326 e. The second-order valence-electron chi connectivity index (χ2n) is 6.21. The van der Waals surface area contributed by atoms with Crippen LogP contribution in [0.5, 0.6) is 5.75 Å². The summed E-state index contributed by atoms with van der Waals surface area (Å²) in [4.78, 5) is 24.0. The van der Waals surface area contributed by atoms with Crippen molar-refractivity contribution < 1.29 is 19.4 Å². The van der Waals surface area contributed by atoms with Crippen molar-refractivity contribution in [3.8, 4) is 5.75 Å². The summed E-state index contributed by atoms with van der Waals surface area (Å²) >= 11 is 12.0. The van der Waals surface area contributed by atoms with E-state index >= 15 is 0 Å². The van der Waals surface area contributed by atoms with E-state index in [1.165, 1.54) is 12.1 Å². The van der Waals surface area contributed by atoms with E-state index in [4.69, 9.17) is 27.9 Å². The van der Waals surface area contributed by atoms with Gasteiger partial charge >= 0.3 is 5.97 Å². The largest absolute Gasteiger partial charge is 0.488 e. The minimum Gasteiger partial charge on any atom is -0.488 e. The third kappa shape index (κ3) is 4.91. The van der Waals surface area contributed by atoms with Crippen molar-refractivity contribution in [1.82, 2.24) is 10.6 Å². The van der Waals surface area contributed by atoms with E-state index in [0.717, 1.165) is 24.4 Å². The summed E-state index contributed by atoms with van der Waals surface area (Å²) in [5.41, 5.74) is 0.817. The Kier molecular flexibility index (Phi) is 6.21. The van der Waals surface area contributed by atoms with Gasteiger partial charge in [0, 0.05) is 19.5 Å². The molecule has 0 bridgehead atoms. The van der Waals surface area contributed by atoms with Gasteiger partial charge < -0.3 is 20.5 Å². The number of aliphatic carboxylic acids is 1. The molecule has 1 aliphatic rings. The van der Waals surface area contributed by atoms with Gasteiger partial charge in [0.05, 0.1) is 15.6 Å². The second-order valence-corrected chi connectivity index (χ2v) is 7.02. The fourth-order valence-corrected chi connectivity index (χ4v) is 3.19. The van der Waals surface area contributed by atoms with Crippen LogP contribution in [0.1, 0.15) is 15.9 Å². The van der Waals surface area contributed by atoms with Crippen LogP contribution < -0.4 is 15.4 Å². The monoisotopic (exact) mass is 408 g/mol. The number of carbonyl (C=O) groups is 2. The first kappa shape index (κ1) is 19.5. The van der Waals surface area contributed by atoms with Gasteiger partial charge in [-0.15, -0.1) is 0 Å². The highest BCUT2D eigenvalue weighted by atomic mass is 35.5. The topological polar surface area (TPSA) is 87.7 Å². The fraction of sp³-hybridized carbons (Fsp3) is 0.263. The number of nitrogens with one attached hydrogen (secondary N) is 2. The lowest BCUT2D eigenvalue weighted by Crippen LogP contribution is -2.50. The van der Waals surface area contributed by atoms with E-state index in [-0.39, 0.29) is 28.1 Å². The molecule has 0 unspecified atom stereocenters. The molecule has 1 saturated heterocycles. The third-order valence-corrected chi connectivity index (χ3v) is 4.83. The summed E-state index contributed by atoms with van der Waals surface area (Å²) in [6.45, 7) is 1.64. The molecule has 1 fully saturated rings. The molecule has 1 aliphatic heterocycles. The Morgan fingerprint density at radius 1 is 1.15 bits per heavy atom. The first-order valence-corrected chi connectivity index (χ1v) is 9.13. The average Bonchev–Trinajstić information content (AvgIpc) is 2.58. The lowest BCUT2D eigenvalue weighted by Gasteiger charge is -2.27. The minimum absolute atomic E-state index is 0.0601. The summed E-state index contributed by atoms with van der Waals surface area (Å²) in [5, 5.41) is 15.4. The number of carboxylic acids is 1. The van der Waals surface area contributed by atoms with E-state index in [2.05, 4.69) is 10.6 Å². The van der Waals surface area contributed by atoms with Crippen LogP contribution in [-0.2, 0) is 11.2 Å². The number of halogens is 2. The van der Waals surface area contributed by atoms with E-state index < -0.39 is 17.9 Å². The number of rotatable bonds is 7. The van der Waals surface area contributed by atoms with Crippen molar-refractivity contribution in [2.24, 2.45) is 0 Å². The summed E-state index contributed by atoms with van der Waals surface area (Å²) in [6.07, 6.45) is 0.288. The second kappa shape index (κ2) is 8.61. The van der Waals surface area contributed by atoms with Crippen LogP contribution in [0, 0.1) is 0 Å². The molecule has 0 spiro atoms. The Bertz CT molecular complexity index is 818. The van der Waals surface area contributed by atoms with Crippen LogP contribution in [0.4, 0.5) is 0 Å². The predicted molar refractivity (Wildman–Crippen MR) is 103 cm³/mol. The van der Waals surface area contributed by atoms with Gasteiger partial charge in [-0.1, -0.05) is 41.4 Å². The Labute approximate surface area is 166 Å². The lowest BCUT2D eigenvalue weighted by molar-refractivity contribution is -0.139. The highest BCUT2D eigenvalue weighted by Crippen LogP contribution is 2.24. The molecule has 1 heterocycles. The molecule has 0 aliphatic carbocycles. The molecule has 2 aromatic carbocycles. The molecule has 1 amide bonds. The summed E-state index contributed by atoms with van der Waals surface area (Å²) in [7, 11) is 0. The van der Waals surface area contributed by atoms with Gasteiger partial charge in [0.1, 0.15) is 17.9 Å². The number of carbonyl (C=O) groups excluding carboxylic acids is 1. The van der Waals surface area contributed by atoms with Crippen LogP contribution in [0.2, 0.25) is 10.0 Å². The molecule has 2 aromatic rings. The van der Waals surface area contributed by atoms with Crippen molar-refractivity contribution in [1.29, 1.82) is 0 Å². The van der Waals surface area contributed by atoms with Gasteiger partial charge in [-0.05, 0) is 29.8 Å². The number of amides is 1. The first-order valence-electron chi connectivity index (χ1n) is 8.38. The van der Waals surface area contributed by atoms with Crippen LogP contribution in [0.15, 0.2) is 42.5 Å². The maximum Gasteiger partial charge on any atom is 0.326 e. The van der Waals surface area contributed by atoms with Crippen LogP contribution in [-0.4, -0.2) is 42.2 Å². The third-order valence-electron chi connectivity index (χ3n) is 4.20. The van der Waals surface area contributed by atoms with Crippen molar-refractivity contribution in [2.75, 3.05) is 13.1 Å². The van der Waals surface area contributed by atoms with Crippen molar-refractivity contribution in [2.45, 2.75) is 18.6 Å². The normalized spacial score (nSPS) is 14.9. The van der Waals surface area contributed by atoms with E-state index in [1.54, 1.807) is 30.3 Å². The average molecular weight is 409 g/mol. The lowest BCUT2D eigenvalue weighted by atomic mass is 10.0. The standard InChI is InChI=1S/C19H18Cl2N2O4/c20-14-2-1-3-15(21)17(14)18(24)23-16(19(25)26)8-11-4-6-12(7-5-11)27-13-9-22-10-13/h1-7,13,16,22H,8-10H2,(H,23,24)(H,25,26)/t16-/m0/s1. The summed E-state index contributed by atoms with van der Waals surface area (Å²) in [5.74, 6) is -1.05. The maximum atomic E-state index is 12.4. The van der Waals surface area contributed by atoms with Crippen LogP contribution in [0.25, 0.3) is 0 Å². The van der Waals surface area contributed by atoms with E-state index in [9.17, 15) is 14.7 Å². The van der Waals surface area contributed by atoms with Gasteiger partial charge in [-0.3, -0.25) is 4.79 Å². The zero-order valence-corrected chi connectivity index (χ0v) is 15.8. The number of hydrogen-bond donors (Lipinski definition) is 3. The molecule has 27 heavy (non-hydrogen) atoms. The van der Waals surface area contributed by atoms with Gasteiger partial charge in [0.25, 0.3) is 5.91 Å². The van der Waals surface area contributed by atoms with E-state index in [0.29, 0.717) is 0 Å². The molecule has 3 N–H and O–H groups in total. The Balaban J connectivity index is 1.66. The van der Waals surface area contributed by atoms with Gasteiger partial charge in [-0.2, -0.15) is 0 Å². The predicted octanol–water partition coefficient (Wildman–Crippen LogP) is 2.77. The maximum absolute atomic E-state index is 12.4. The van der Waals surface area contributed by atoms with Crippen LogP contribution in [0.3, 0.4) is 0 Å². The Morgan fingerprint density at radius 3 is 2.30 bits per heavy atom. The zero-order chi connectivity index (χ0) is 19.4. The van der Waals surface area contributed by atoms with Crippen molar-refractivity contribution in [3.63, 3.8) is 0 Å². The number of benzene rings is 2. The molecule has 0 radical (unpaired) electrons. The minimum atomic E-state index is -1.15. The number of hydrogen-bond acceptors (Lipinski definition) is 4. The molecule has 0 aromatic heterocycles. The molecule has 3 rings (SSSR count). The van der Waals surface area contributed by atoms with E-state index in [1.807, 2.05) is 0 Å². The molecule has 8 heteroatoms. The number of carboxylic acid groups (broad SMARTS) is 1. The molecular weight excluding hydrogens is 391 g/mol. The molecule has 142 valence electrons. The van der Waals surface area contributed by atoms with Crippen molar-refractivity contribution in [3.05, 3.63) is 63.6 Å².